The molecule has 0 aromatic heterocycles. The molecule has 1 aliphatic rings. The summed E-state index contributed by atoms with van der Waals surface area (Å²) in [7, 11) is 0. The Hall–Kier alpha value is -1.38. The van der Waals surface area contributed by atoms with Crippen LogP contribution in [0.25, 0.3) is 10.8 Å². The van der Waals surface area contributed by atoms with Crippen LogP contribution in [0.3, 0.4) is 0 Å². The van der Waals surface area contributed by atoms with Gasteiger partial charge in [0.15, 0.2) is 0 Å². The first-order valence-electron chi connectivity index (χ1n) is 5.51. The smallest absolute Gasteiger partial charge is 0.120 e. The Kier molecular flexibility index (Phi) is 2.03. The summed E-state index contributed by atoms with van der Waals surface area (Å²) in [6.45, 7) is 2.01. The van der Waals surface area contributed by atoms with Gasteiger partial charge in [-0.05, 0) is 23.3 Å². The Balaban J connectivity index is 2.12. The molecule has 2 atom stereocenters. The van der Waals surface area contributed by atoms with E-state index in [1.54, 1.807) is 0 Å². The molecule has 2 aromatic carbocycles. The lowest BCUT2D eigenvalue weighted by Crippen LogP contribution is -2.11. The number of fused-ring (bicyclic) bond motifs is 1. The normalized spacial score (nSPS) is 28.2. The number of epoxide rings is 1. The van der Waals surface area contributed by atoms with E-state index in [-0.39, 0.29) is 18.3 Å². The molecule has 1 heterocycles. The van der Waals surface area contributed by atoms with Gasteiger partial charge in [-0.3, -0.25) is 0 Å². The summed E-state index contributed by atoms with van der Waals surface area (Å²) in [5.74, 6) is 0. The molecule has 3 rings (SSSR count). The van der Waals surface area contributed by atoms with Crippen LogP contribution in [0.1, 0.15) is 18.6 Å². The molecule has 0 saturated carbocycles. The maximum absolute atomic E-state index is 9.24. The largest absolute Gasteiger partial charge is 0.393 e. The lowest BCUT2D eigenvalue weighted by molar-refractivity contribution is 0.184. The minimum absolute atomic E-state index is 0.0311. The van der Waals surface area contributed by atoms with Gasteiger partial charge in [0, 0.05) is 0 Å². The fourth-order valence-corrected chi connectivity index (χ4v) is 2.23. The summed E-state index contributed by atoms with van der Waals surface area (Å²) in [4.78, 5) is 0. The fourth-order valence-electron chi connectivity index (χ4n) is 2.23. The van der Waals surface area contributed by atoms with Crippen molar-refractivity contribution in [3.05, 3.63) is 48.0 Å². The highest BCUT2D eigenvalue weighted by Gasteiger charge is 2.53. The van der Waals surface area contributed by atoms with E-state index in [1.807, 2.05) is 25.1 Å². The summed E-state index contributed by atoms with van der Waals surface area (Å²) >= 11 is 0. The second-order valence-electron chi connectivity index (χ2n) is 4.54. The monoisotopic (exact) mass is 214 g/mol. The Bertz CT molecular complexity index is 530. The van der Waals surface area contributed by atoms with E-state index in [9.17, 15) is 5.11 Å². The minimum Gasteiger partial charge on any atom is -0.393 e. The lowest BCUT2D eigenvalue weighted by atomic mass is 9.96. The highest BCUT2D eigenvalue weighted by Crippen LogP contribution is 2.50. The molecule has 2 nitrogen and oxygen atoms in total. The van der Waals surface area contributed by atoms with Crippen LogP contribution in [0.4, 0.5) is 0 Å². The van der Waals surface area contributed by atoms with Gasteiger partial charge in [-0.25, -0.2) is 0 Å². The van der Waals surface area contributed by atoms with Crippen molar-refractivity contribution in [3.63, 3.8) is 0 Å². The van der Waals surface area contributed by atoms with Crippen molar-refractivity contribution < 1.29 is 9.84 Å². The van der Waals surface area contributed by atoms with Gasteiger partial charge in [0.1, 0.15) is 11.7 Å². The van der Waals surface area contributed by atoms with E-state index < -0.39 is 0 Å². The van der Waals surface area contributed by atoms with Crippen molar-refractivity contribution in [2.75, 3.05) is 6.61 Å². The zero-order valence-electron chi connectivity index (χ0n) is 9.18. The molecule has 1 N–H and O–H groups in total. The van der Waals surface area contributed by atoms with Crippen LogP contribution in [-0.2, 0) is 4.74 Å². The molecule has 82 valence electrons. The molecule has 0 spiro atoms. The third-order valence-electron chi connectivity index (χ3n) is 3.30. The Morgan fingerprint density at radius 3 is 2.69 bits per heavy atom. The number of benzene rings is 2. The maximum Gasteiger partial charge on any atom is 0.120 e. The van der Waals surface area contributed by atoms with E-state index in [1.165, 1.54) is 16.3 Å². The molecule has 0 aliphatic carbocycles. The molecule has 0 amide bonds. The molecular formula is C14H14O2. The number of ether oxygens (including phenoxy) is 1. The van der Waals surface area contributed by atoms with Crippen molar-refractivity contribution in [1.82, 2.24) is 0 Å². The molecule has 2 aromatic rings. The summed E-state index contributed by atoms with van der Waals surface area (Å²) < 4.78 is 5.60. The third-order valence-corrected chi connectivity index (χ3v) is 3.30. The molecule has 16 heavy (non-hydrogen) atoms. The van der Waals surface area contributed by atoms with Crippen molar-refractivity contribution in [1.29, 1.82) is 0 Å². The van der Waals surface area contributed by atoms with E-state index in [0.717, 1.165) is 0 Å². The Morgan fingerprint density at radius 2 is 1.94 bits per heavy atom. The predicted octanol–water partition coefficient (Wildman–Crippen LogP) is 2.66. The number of hydrogen-bond acceptors (Lipinski definition) is 2. The number of aliphatic hydroxyl groups excluding tert-OH is 1. The van der Waals surface area contributed by atoms with Gasteiger partial charge >= 0.3 is 0 Å². The first-order valence-corrected chi connectivity index (χ1v) is 5.51. The fraction of sp³-hybridized carbons (Fsp3) is 0.286. The first-order chi connectivity index (χ1) is 7.74. The van der Waals surface area contributed by atoms with Crippen LogP contribution in [-0.4, -0.2) is 17.3 Å². The SMILES string of the molecule is C[C@@]1(CO)O[C@H]1c1cccc2ccccc12. The average molecular weight is 214 g/mol. The highest BCUT2D eigenvalue weighted by molar-refractivity contribution is 5.86. The maximum atomic E-state index is 9.24. The molecule has 0 radical (unpaired) electrons. The Morgan fingerprint density at radius 1 is 1.19 bits per heavy atom. The van der Waals surface area contributed by atoms with Crippen LogP contribution < -0.4 is 0 Å². The topological polar surface area (TPSA) is 32.8 Å². The summed E-state index contributed by atoms with van der Waals surface area (Å²) in [6, 6.07) is 14.5. The second-order valence-corrected chi connectivity index (χ2v) is 4.54. The minimum atomic E-state index is -0.385. The van der Waals surface area contributed by atoms with E-state index in [0.29, 0.717) is 0 Å². The van der Waals surface area contributed by atoms with E-state index in [4.69, 9.17) is 4.74 Å². The van der Waals surface area contributed by atoms with Gasteiger partial charge in [-0.2, -0.15) is 0 Å². The standard InChI is InChI=1S/C14H14O2/c1-14(9-15)13(16-14)12-8-4-6-10-5-2-3-7-11(10)12/h2-8,13,15H,9H2,1H3/t13-,14-/m0/s1. The average Bonchev–Trinajstić information content (AvgIpc) is 3.02. The van der Waals surface area contributed by atoms with E-state index >= 15 is 0 Å². The molecule has 0 unspecified atom stereocenters. The van der Waals surface area contributed by atoms with E-state index in [2.05, 4.69) is 24.3 Å². The molecule has 1 fully saturated rings. The highest BCUT2D eigenvalue weighted by atomic mass is 16.6. The third kappa shape index (κ3) is 1.34. The second kappa shape index (κ2) is 3.30. The molecule has 1 saturated heterocycles. The van der Waals surface area contributed by atoms with Gasteiger partial charge in [0.05, 0.1) is 6.61 Å². The summed E-state index contributed by atoms with van der Waals surface area (Å²) in [6.07, 6.45) is 0.0311. The van der Waals surface area contributed by atoms with Crippen molar-refractivity contribution >= 4 is 10.8 Å². The summed E-state index contributed by atoms with van der Waals surface area (Å²) in [5.41, 5.74) is 0.791. The quantitative estimate of drug-likeness (QED) is 0.779. The zero-order chi connectivity index (χ0) is 11.2. The van der Waals surface area contributed by atoms with Gasteiger partial charge in [0.25, 0.3) is 0 Å². The van der Waals surface area contributed by atoms with Crippen molar-refractivity contribution in [2.45, 2.75) is 18.6 Å². The molecular weight excluding hydrogens is 200 g/mol. The van der Waals surface area contributed by atoms with Crippen LogP contribution in [0.2, 0.25) is 0 Å². The van der Waals surface area contributed by atoms with Crippen LogP contribution in [0.5, 0.6) is 0 Å². The van der Waals surface area contributed by atoms with Crippen LogP contribution >= 0.6 is 0 Å². The Labute approximate surface area is 94.5 Å². The number of aliphatic hydroxyl groups is 1. The number of rotatable bonds is 2. The van der Waals surface area contributed by atoms with Gasteiger partial charge < -0.3 is 9.84 Å². The van der Waals surface area contributed by atoms with Gasteiger partial charge in [0.2, 0.25) is 0 Å². The van der Waals surface area contributed by atoms with Crippen molar-refractivity contribution in [3.8, 4) is 0 Å². The lowest BCUT2D eigenvalue weighted by Gasteiger charge is -2.05. The van der Waals surface area contributed by atoms with Gasteiger partial charge in [-0.1, -0.05) is 42.5 Å². The van der Waals surface area contributed by atoms with Gasteiger partial charge in [-0.15, -0.1) is 0 Å². The molecule has 1 aliphatic heterocycles. The molecule has 2 heteroatoms. The van der Waals surface area contributed by atoms with Crippen molar-refractivity contribution in [2.24, 2.45) is 0 Å². The first kappa shape index (κ1) is 9.82. The van der Waals surface area contributed by atoms with Crippen LogP contribution in [0, 0.1) is 0 Å². The summed E-state index contributed by atoms with van der Waals surface area (Å²) in [5, 5.41) is 11.7. The zero-order valence-corrected chi connectivity index (χ0v) is 9.18. The molecule has 0 bridgehead atoms. The van der Waals surface area contributed by atoms with Crippen LogP contribution in [0.15, 0.2) is 42.5 Å². The predicted molar refractivity (Wildman–Crippen MR) is 63.3 cm³/mol. The number of hydrogen-bond donors (Lipinski definition) is 1.